The van der Waals surface area contributed by atoms with Crippen LogP contribution >= 0.6 is 11.3 Å². The maximum atomic E-state index is 13.1. The quantitative estimate of drug-likeness (QED) is 0.614. The number of carboxylic acids is 1. The Kier molecular flexibility index (Phi) is 5.17. The summed E-state index contributed by atoms with van der Waals surface area (Å²) < 4.78 is 7.49. The molecule has 1 aliphatic rings. The Morgan fingerprint density at radius 3 is 2.79 bits per heavy atom. The molecule has 1 aromatic carbocycles. The second kappa shape index (κ2) is 7.75. The van der Waals surface area contributed by atoms with Crippen molar-refractivity contribution in [3.63, 3.8) is 0 Å². The molecule has 1 aliphatic carbocycles. The summed E-state index contributed by atoms with van der Waals surface area (Å²) >= 11 is 1.68. The first-order valence-corrected chi connectivity index (χ1v) is 10.4. The molecule has 0 saturated carbocycles. The predicted octanol–water partition coefficient (Wildman–Crippen LogP) is 3.68. The number of carboxylic acid groups (broad SMARTS) is 1. The molecule has 146 valence electrons. The first kappa shape index (κ1) is 18.7. The topological polar surface area (TPSA) is 81.4 Å². The molecule has 6 nitrogen and oxygen atoms in total. The summed E-state index contributed by atoms with van der Waals surface area (Å²) in [5, 5.41) is 9.75. The van der Waals surface area contributed by atoms with Crippen LogP contribution in [0.1, 0.15) is 46.4 Å². The Labute approximate surface area is 166 Å². The third-order valence-corrected chi connectivity index (χ3v) is 6.30. The van der Waals surface area contributed by atoms with Gasteiger partial charge in [-0.15, -0.1) is 11.3 Å². The van der Waals surface area contributed by atoms with Crippen molar-refractivity contribution in [2.24, 2.45) is 0 Å². The van der Waals surface area contributed by atoms with Gasteiger partial charge in [-0.25, -0.2) is 9.78 Å². The SMILES string of the molecule is CCc1nc2sc3c(c2c(=O)n1CCCOc1ccc(C(=O)O)cc1)CCC3. The van der Waals surface area contributed by atoms with Crippen LogP contribution in [0, 0.1) is 0 Å². The van der Waals surface area contributed by atoms with E-state index in [4.69, 9.17) is 14.8 Å². The summed E-state index contributed by atoms with van der Waals surface area (Å²) in [6.45, 7) is 3.02. The number of hydrogen-bond donors (Lipinski definition) is 1. The van der Waals surface area contributed by atoms with Crippen molar-refractivity contribution >= 4 is 27.5 Å². The zero-order valence-electron chi connectivity index (χ0n) is 15.7. The molecule has 28 heavy (non-hydrogen) atoms. The first-order valence-electron chi connectivity index (χ1n) is 9.58. The van der Waals surface area contributed by atoms with E-state index in [1.807, 2.05) is 6.92 Å². The smallest absolute Gasteiger partial charge is 0.335 e. The second-order valence-electron chi connectivity index (χ2n) is 6.91. The van der Waals surface area contributed by atoms with Crippen molar-refractivity contribution in [1.29, 1.82) is 0 Å². The van der Waals surface area contributed by atoms with E-state index < -0.39 is 5.97 Å². The Morgan fingerprint density at radius 1 is 1.29 bits per heavy atom. The average molecular weight is 398 g/mol. The standard InChI is InChI=1S/C21H22N2O4S/c1-2-17-22-19-18(15-5-3-6-16(15)28-19)20(24)23(17)11-4-12-27-14-9-7-13(8-10-14)21(25)26/h7-10H,2-6,11-12H2,1H3,(H,25,26). The molecule has 1 N–H and O–H groups in total. The second-order valence-corrected chi connectivity index (χ2v) is 7.99. The van der Waals surface area contributed by atoms with Crippen LogP contribution in [0.3, 0.4) is 0 Å². The lowest BCUT2D eigenvalue weighted by molar-refractivity contribution is 0.0697. The largest absolute Gasteiger partial charge is 0.494 e. The molecule has 7 heteroatoms. The molecule has 0 unspecified atom stereocenters. The molecular formula is C21H22N2O4S. The molecule has 2 heterocycles. The minimum atomic E-state index is -0.958. The highest BCUT2D eigenvalue weighted by Gasteiger charge is 2.22. The zero-order valence-corrected chi connectivity index (χ0v) is 16.6. The monoisotopic (exact) mass is 398 g/mol. The van der Waals surface area contributed by atoms with Crippen LogP contribution in [0.15, 0.2) is 29.1 Å². The summed E-state index contributed by atoms with van der Waals surface area (Å²) in [4.78, 5) is 31.0. The third-order valence-electron chi connectivity index (χ3n) is 5.12. The first-order chi connectivity index (χ1) is 13.6. The minimum Gasteiger partial charge on any atom is -0.494 e. The van der Waals surface area contributed by atoms with Gasteiger partial charge in [-0.3, -0.25) is 9.36 Å². The lowest BCUT2D eigenvalue weighted by Gasteiger charge is -2.12. The van der Waals surface area contributed by atoms with Crippen LogP contribution in [0.5, 0.6) is 5.75 Å². The average Bonchev–Trinajstić information content (AvgIpc) is 3.27. The Hall–Kier alpha value is -2.67. The highest BCUT2D eigenvalue weighted by molar-refractivity contribution is 7.18. The molecule has 0 bridgehead atoms. The van der Waals surface area contributed by atoms with Crippen molar-refractivity contribution in [3.8, 4) is 5.75 Å². The van der Waals surface area contributed by atoms with Crippen LogP contribution in [-0.4, -0.2) is 27.2 Å². The number of thiophene rings is 1. The van der Waals surface area contributed by atoms with Crippen LogP contribution in [0.2, 0.25) is 0 Å². The number of aryl methyl sites for hydroxylation is 3. The Bertz CT molecular complexity index is 1080. The van der Waals surface area contributed by atoms with Gasteiger partial charge in [0.25, 0.3) is 5.56 Å². The van der Waals surface area contributed by atoms with Crippen molar-refractivity contribution < 1.29 is 14.6 Å². The van der Waals surface area contributed by atoms with Gasteiger partial charge < -0.3 is 9.84 Å². The summed E-state index contributed by atoms with van der Waals surface area (Å²) in [7, 11) is 0. The predicted molar refractivity (Wildman–Crippen MR) is 109 cm³/mol. The number of aromatic nitrogens is 2. The molecule has 2 aromatic heterocycles. The fourth-order valence-electron chi connectivity index (χ4n) is 3.73. The van der Waals surface area contributed by atoms with Crippen LogP contribution in [0.25, 0.3) is 10.2 Å². The molecule has 3 aromatic rings. The highest BCUT2D eigenvalue weighted by Crippen LogP contribution is 2.34. The molecular weight excluding hydrogens is 376 g/mol. The number of ether oxygens (including phenoxy) is 1. The number of rotatable bonds is 7. The van der Waals surface area contributed by atoms with E-state index in [2.05, 4.69) is 0 Å². The van der Waals surface area contributed by atoms with Crippen LogP contribution in [-0.2, 0) is 25.8 Å². The van der Waals surface area contributed by atoms with Crippen molar-refractivity contribution in [3.05, 3.63) is 56.4 Å². The fraction of sp³-hybridized carbons (Fsp3) is 0.381. The summed E-state index contributed by atoms with van der Waals surface area (Å²) in [6.07, 6.45) is 4.55. The lowest BCUT2D eigenvalue weighted by Crippen LogP contribution is -2.26. The molecule has 0 radical (unpaired) electrons. The zero-order chi connectivity index (χ0) is 19.7. The number of hydrogen-bond acceptors (Lipinski definition) is 5. The van der Waals surface area contributed by atoms with E-state index in [0.717, 1.165) is 35.3 Å². The van der Waals surface area contributed by atoms with Gasteiger partial charge in [0.15, 0.2) is 0 Å². The summed E-state index contributed by atoms with van der Waals surface area (Å²) in [5.74, 6) is 0.487. The normalized spacial score (nSPS) is 13.0. The van der Waals surface area contributed by atoms with Crippen molar-refractivity contribution in [1.82, 2.24) is 9.55 Å². The van der Waals surface area contributed by atoms with Gasteiger partial charge in [0, 0.05) is 17.8 Å². The van der Waals surface area contributed by atoms with Gasteiger partial charge in [-0.1, -0.05) is 6.92 Å². The molecule has 0 aliphatic heterocycles. The molecule has 0 atom stereocenters. The Balaban J connectivity index is 1.47. The number of nitrogens with zero attached hydrogens (tertiary/aromatic N) is 2. The van der Waals surface area contributed by atoms with E-state index in [1.54, 1.807) is 28.0 Å². The summed E-state index contributed by atoms with van der Waals surface area (Å²) in [5.41, 5.74) is 1.52. The lowest BCUT2D eigenvalue weighted by atomic mass is 10.2. The maximum absolute atomic E-state index is 13.1. The highest BCUT2D eigenvalue weighted by atomic mass is 32.1. The van der Waals surface area contributed by atoms with Gasteiger partial charge in [0.2, 0.25) is 0 Å². The summed E-state index contributed by atoms with van der Waals surface area (Å²) in [6, 6.07) is 6.34. The molecule has 0 spiro atoms. The van der Waals surface area contributed by atoms with Crippen molar-refractivity contribution in [2.75, 3.05) is 6.61 Å². The van der Waals surface area contributed by atoms with Crippen molar-refractivity contribution in [2.45, 2.75) is 45.6 Å². The van der Waals surface area contributed by atoms with Gasteiger partial charge in [-0.2, -0.15) is 0 Å². The molecule has 0 fully saturated rings. The maximum Gasteiger partial charge on any atom is 0.335 e. The van der Waals surface area contributed by atoms with E-state index in [-0.39, 0.29) is 11.1 Å². The van der Waals surface area contributed by atoms with E-state index in [1.165, 1.54) is 22.6 Å². The van der Waals surface area contributed by atoms with Gasteiger partial charge in [0.1, 0.15) is 16.4 Å². The Morgan fingerprint density at radius 2 is 2.07 bits per heavy atom. The molecule has 4 rings (SSSR count). The minimum absolute atomic E-state index is 0.0760. The number of carbonyl (C=O) groups is 1. The molecule has 0 amide bonds. The van der Waals surface area contributed by atoms with Crippen LogP contribution < -0.4 is 10.3 Å². The van der Waals surface area contributed by atoms with E-state index >= 15 is 0 Å². The van der Waals surface area contributed by atoms with Gasteiger partial charge in [0.05, 0.1) is 17.6 Å². The third kappa shape index (κ3) is 3.42. The number of benzene rings is 1. The van der Waals surface area contributed by atoms with Crippen LogP contribution in [0.4, 0.5) is 0 Å². The number of fused-ring (bicyclic) bond motifs is 3. The molecule has 0 saturated heterocycles. The van der Waals surface area contributed by atoms with E-state index in [9.17, 15) is 9.59 Å². The number of aromatic carboxylic acids is 1. The van der Waals surface area contributed by atoms with Gasteiger partial charge in [-0.05, 0) is 55.5 Å². The van der Waals surface area contributed by atoms with Gasteiger partial charge >= 0.3 is 5.97 Å². The fourth-order valence-corrected chi connectivity index (χ4v) is 5.00. The van der Waals surface area contributed by atoms with E-state index in [0.29, 0.717) is 31.7 Å².